The van der Waals surface area contributed by atoms with Crippen LogP contribution in [0.4, 0.5) is 0 Å². The third-order valence-electron chi connectivity index (χ3n) is 2.90. The van der Waals surface area contributed by atoms with Gasteiger partial charge in [0.25, 0.3) is 0 Å². The SMILES string of the molecule is Cc1cccc(CNS(=O)(=O)Cc2ccccc2C#N)n1. The Kier molecular flexibility index (Phi) is 4.68. The van der Waals surface area contributed by atoms with Crippen molar-refractivity contribution >= 4 is 10.0 Å². The predicted molar refractivity (Wildman–Crippen MR) is 79.6 cm³/mol. The Balaban J connectivity index is 2.07. The molecule has 0 saturated carbocycles. The van der Waals surface area contributed by atoms with Crippen molar-refractivity contribution in [3.63, 3.8) is 0 Å². The van der Waals surface area contributed by atoms with Crippen LogP contribution in [0.1, 0.15) is 22.5 Å². The van der Waals surface area contributed by atoms with E-state index in [1.165, 1.54) is 0 Å². The first kappa shape index (κ1) is 15.2. The maximum Gasteiger partial charge on any atom is 0.216 e. The van der Waals surface area contributed by atoms with Crippen LogP contribution in [-0.2, 0) is 22.3 Å². The normalized spacial score (nSPS) is 11.0. The molecule has 0 bridgehead atoms. The Morgan fingerprint density at radius 2 is 1.95 bits per heavy atom. The van der Waals surface area contributed by atoms with Crippen molar-refractivity contribution in [2.24, 2.45) is 0 Å². The van der Waals surface area contributed by atoms with Crippen molar-refractivity contribution in [1.29, 1.82) is 5.26 Å². The van der Waals surface area contributed by atoms with E-state index >= 15 is 0 Å². The molecule has 21 heavy (non-hydrogen) atoms. The molecule has 0 aliphatic carbocycles. The molecular formula is C15H15N3O2S. The fourth-order valence-electron chi connectivity index (χ4n) is 1.89. The van der Waals surface area contributed by atoms with E-state index in [2.05, 4.69) is 9.71 Å². The van der Waals surface area contributed by atoms with Gasteiger partial charge in [-0.25, -0.2) is 13.1 Å². The molecule has 0 radical (unpaired) electrons. The Morgan fingerprint density at radius 3 is 2.67 bits per heavy atom. The predicted octanol–water partition coefficient (Wildman–Crippen LogP) is 1.88. The van der Waals surface area contributed by atoms with Crippen LogP contribution < -0.4 is 4.72 Å². The molecule has 1 aromatic carbocycles. The molecule has 108 valence electrons. The molecule has 0 fully saturated rings. The molecule has 0 aliphatic rings. The number of nitrogens with zero attached hydrogens (tertiary/aromatic N) is 2. The van der Waals surface area contributed by atoms with Crippen molar-refractivity contribution in [3.05, 3.63) is 65.0 Å². The second kappa shape index (κ2) is 6.48. The van der Waals surface area contributed by atoms with Crippen LogP contribution in [0.15, 0.2) is 42.5 Å². The molecule has 0 saturated heterocycles. The molecule has 0 unspecified atom stereocenters. The Hall–Kier alpha value is -2.23. The first-order chi connectivity index (χ1) is 10.00. The van der Waals surface area contributed by atoms with E-state index in [9.17, 15) is 8.42 Å². The van der Waals surface area contributed by atoms with Gasteiger partial charge in [0.2, 0.25) is 10.0 Å². The van der Waals surface area contributed by atoms with Crippen molar-refractivity contribution in [3.8, 4) is 6.07 Å². The van der Waals surface area contributed by atoms with E-state index < -0.39 is 10.0 Å². The second-order valence-electron chi connectivity index (χ2n) is 4.62. The summed E-state index contributed by atoms with van der Waals surface area (Å²) in [5, 5.41) is 8.98. The monoisotopic (exact) mass is 301 g/mol. The lowest BCUT2D eigenvalue weighted by Crippen LogP contribution is -2.25. The minimum absolute atomic E-state index is 0.138. The summed E-state index contributed by atoms with van der Waals surface area (Å²) in [6.45, 7) is 1.99. The zero-order chi connectivity index (χ0) is 15.3. The van der Waals surface area contributed by atoms with Gasteiger partial charge in [-0.3, -0.25) is 4.98 Å². The van der Waals surface area contributed by atoms with Gasteiger partial charge in [-0.05, 0) is 30.7 Å². The Morgan fingerprint density at radius 1 is 1.19 bits per heavy atom. The number of pyridine rings is 1. The highest BCUT2D eigenvalue weighted by molar-refractivity contribution is 7.88. The zero-order valence-corrected chi connectivity index (χ0v) is 12.4. The van der Waals surface area contributed by atoms with E-state index in [4.69, 9.17) is 5.26 Å². The number of aryl methyl sites for hydroxylation is 1. The van der Waals surface area contributed by atoms with Gasteiger partial charge in [-0.2, -0.15) is 5.26 Å². The molecular weight excluding hydrogens is 286 g/mol. The average Bonchev–Trinajstić information content (AvgIpc) is 2.46. The highest BCUT2D eigenvalue weighted by atomic mass is 32.2. The molecule has 0 amide bonds. The van der Waals surface area contributed by atoms with E-state index in [0.29, 0.717) is 16.8 Å². The van der Waals surface area contributed by atoms with Gasteiger partial charge in [-0.15, -0.1) is 0 Å². The second-order valence-corrected chi connectivity index (χ2v) is 6.43. The minimum atomic E-state index is -3.52. The number of rotatable bonds is 5. The van der Waals surface area contributed by atoms with Crippen molar-refractivity contribution in [2.75, 3.05) is 0 Å². The van der Waals surface area contributed by atoms with Gasteiger partial charge in [0.05, 0.1) is 29.6 Å². The molecule has 1 aromatic heterocycles. The fraction of sp³-hybridized carbons (Fsp3) is 0.200. The summed E-state index contributed by atoms with van der Waals surface area (Å²) >= 11 is 0. The number of aromatic nitrogens is 1. The quantitative estimate of drug-likeness (QED) is 0.914. The van der Waals surface area contributed by atoms with Gasteiger partial charge < -0.3 is 0 Å². The first-order valence-corrected chi connectivity index (χ1v) is 8.03. The third kappa shape index (κ3) is 4.38. The van der Waals surface area contributed by atoms with Crippen LogP contribution in [-0.4, -0.2) is 13.4 Å². The molecule has 6 heteroatoms. The van der Waals surface area contributed by atoms with Crippen molar-refractivity contribution in [1.82, 2.24) is 9.71 Å². The van der Waals surface area contributed by atoms with Crippen molar-refractivity contribution < 1.29 is 8.42 Å². The van der Waals surface area contributed by atoms with Gasteiger partial charge >= 0.3 is 0 Å². The lowest BCUT2D eigenvalue weighted by molar-refractivity contribution is 0.579. The lowest BCUT2D eigenvalue weighted by atomic mass is 10.1. The van der Waals surface area contributed by atoms with Crippen LogP contribution in [0.3, 0.4) is 0 Å². The first-order valence-electron chi connectivity index (χ1n) is 6.38. The summed E-state index contributed by atoms with van der Waals surface area (Å²) in [5.41, 5.74) is 2.36. The highest BCUT2D eigenvalue weighted by Crippen LogP contribution is 2.11. The summed E-state index contributed by atoms with van der Waals surface area (Å²) in [7, 11) is -3.52. The maximum atomic E-state index is 12.1. The lowest BCUT2D eigenvalue weighted by Gasteiger charge is -2.08. The number of hydrogen-bond donors (Lipinski definition) is 1. The van der Waals surface area contributed by atoms with E-state index in [1.807, 2.05) is 25.1 Å². The molecule has 0 spiro atoms. The van der Waals surface area contributed by atoms with Crippen LogP contribution in [0.5, 0.6) is 0 Å². The number of sulfonamides is 1. The third-order valence-corrected chi connectivity index (χ3v) is 4.18. The highest BCUT2D eigenvalue weighted by Gasteiger charge is 2.14. The maximum absolute atomic E-state index is 12.1. The van der Waals surface area contributed by atoms with Gasteiger partial charge in [0.15, 0.2) is 0 Å². The van der Waals surface area contributed by atoms with Crippen molar-refractivity contribution in [2.45, 2.75) is 19.2 Å². The molecule has 0 aliphatic heterocycles. The summed E-state index contributed by atoms with van der Waals surface area (Å²) < 4.78 is 26.7. The topological polar surface area (TPSA) is 82.9 Å². The standard InChI is InChI=1S/C15H15N3O2S/c1-12-5-4-8-15(18-12)10-17-21(19,20)11-14-7-3-2-6-13(14)9-16/h2-8,17H,10-11H2,1H3. The van der Waals surface area contributed by atoms with Gasteiger partial charge in [0.1, 0.15) is 0 Å². The van der Waals surface area contributed by atoms with E-state index in [-0.39, 0.29) is 12.3 Å². The molecule has 0 atom stereocenters. The smallest absolute Gasteiger partial charge is 0.216 e. The van der Waals surface area contributed by atoms with E-state index in [1.54, 1.807) is 30.3 Å². The fourth-order valence-corrected chi connectivity index (χ4v) is 3.02. The number of nitriles is 1. The minimum Gasteiger partial charge on any atom is -0.257 e. The number of hydrogen-bond acceptors (Lipinski definition) is 4. The summed E-state index contributed by atoms with van der Waals surface area (Å²) in [6.07, 6.45) is 0. The zero-order valence-electron chi connectivity index (χ0n) is 11.6. The van der Waals surface area contributed by atoms with Crippen LogP contribution in [0.25, 0.3) is 0 Å². The Labute approximate surface area is 124 Å². The molecule has 2 rings (SSSR count). The number of nitrogens with one attached hydrogen (secondary N) is 1. The molecule has 1 N–H and O–H groups in total. The molecule has 1 heterocycles. The van der Waals surface area contributed by atoms with E-state index in [0.717, 1.165) is 5.69 Å². The largest absolute Gasteiger partial charge is 0.257 e. The Bertz CT molecular complexity index is 780. The van der Waals surface area contributed by atoms with Crippen LogP contribution in [0, 0.1) is 18.3 Å². The van der Waals surface area contributed by atoms with Gasteiger partial charge in [-0.1, -0.05) is 24.3 Å². The molecule has 2 aromatic rings. The van der Waals surface area contributed by atoms with Crippen LogP contribution in [0.2, 0.25) is 0 Å². The average molecular weight is 301 g/mol. The van der Waals surface area contributed by atoms with Crippen LogP contribution >= 0.6 is 0 Å². The summed E-state index contributed by atoms with van der Waals surface area (Å²) in [5.74, 6) is -0.220. The molecule has 5 nitrogen and oxygen atoms in total. The summed E-state index contributed by atoms with van der Waals surface area (Å²) in [6, 6.07) is 14.1. The summed E-state index contributed by atoms with van der Waals surface area (Å²) in [4.78, 5) is 4.24. The van der Waals surface area contributed by atoms with Gasteiger partial charge in [0, 0.05) is 5.69 Å². The number of benzene rings is 1.